The fraction of sp³-hybridized carbons (Fsp3) is 0.143. The highest BCUT2D eigenvalue weighted by Gasteiger charge is 2.05. The number of nitrogens with two attached hydrogens (primary N) is 1. The van der Waals surface area contributed by atoms with Gasteiger partial charge in [-0.15, -0.1) is 0 Å². The van der Waals surface area contributed by atoms with Gasteiger partial charge in [-0.1, -0.05) is 29.8 Å². The van der Waals surface area contributed by atoms with Gasteiger partial charge in [0.2, 0.25) is 0 Å². The van der Waals surface area contributed by atoms with Crippen LogP contribution in [0.4, 0.5) is 15.8 Å². The fourth-order valence-electron chi connectivity index (χ4n) is 1.69. The third-order valence-corrected chi connectivity index (χ3v) is 2.94. The van der Waals surface area contributed by atoms with Crippen LogP contribution in [0.15, 0.2) is 42.5 Å². The number of benzene rings is 2. The van der Waals surface area contributed by atoms with Gasteiger partial charge in [0.05, 0.1) is 16.4 Å². The summed E-state index contributed by atoms with van der Waals surface area (Å²) < 4.78 is 13.8. The molecule has 0 radical (unpaired) electrons. The lowest BCUT2D eigenvalue weighted by Gasteiger charge is -2.10. The highest BCUT2D eigenvalue weighted by molar-refractivity contribution is 6.33. The van der Waals surface area contributed by atoms with Crippen LogP contribution in [0.3, 0.4) is 0 Å². The van der Waals surface area contributed by atoms with Crippen molar-refractivity contribution >= 4 is 23.0 Å². The molecule has 2 nitrogen and oxygen atoms in total. The van der Waals surface area contributed by atoms with Crippen LogP contribution in [0.5, 0.6) is 0 Å². The predicted octanol–water partition coefficient (Wildman–Crippen LogP) is 3.72. The number of para-hydroxylation sites is 1. The molecular weight excluding hydrogens is 251 g/mol. The van der Waals surface area contributed by atoms with E-state index in [1.807, 2.05) is 18.2 Å². The minimum absolute atomic E-state index is 0.305. The zero-order valence-electron chi connectivity index (χ0n) is 9.79. The molecular formula is C14H14ClFN2. The maximum atomic E-state index is 13.8. The van der Waals surface area contributed by atoms with E-state index in [9.17, 15) is 4.39 Å². The van der Waals surface area contributed by atoms with Crippen molar-refractivity contribution in [2.45, 2.75) is 6.42 Å². The van der Waals surface area contributed by atoms with Crippen molar-refractivity contribution in [1.82, 2.24) is 0 Å². The van der Waals surface area contributed by atoms with E-state index in [-0.39, 0.29) is 5.82 Å². The lowest BCUT2D eigenvalue weighted by Crippen LogP contribution is -2.03. The first-order chi connectivity index (χ1) is 8.70. The Bertz CT molecular complexity index is 543. The molecule has 0 atom stereocenters. The van der Waals surface area contributed by atoms with Crippen molar-refractivity contribution in [3.05, 3.63) is 58.9 Å². The van der Waals surface area contributed by atoms with Gasteiger partial charge in [0.1, 0.15) is 5.82 Å². The quantitative estimate of drug-likeness (QED) is 0.883. The number of halogens is 2. The summed E-state index contributed by atoms with van der Waals surface area (Å²) >= 11 is 6.01. The smallest absolute Gasteiger partial charge is 0.146 e. The number of anilines is 2. The van der Waals surface area contributed by atoms with Gasteiger partial charge in [0.25, 0.3) is 0 Å². The zero-order chi connectivity index (χ0) is 13.0. The maximum absolute atomic E-state index is 13.8. The van der Waals surface area contributed by atoms with Crippen LogP contribution in [0, 0.1) is 5.82 Å². The van der Waals surface area contributed by atoms with E-state index in [2.05, 4.69) is 5.32 Å². The second-order valence-electron chi connectivity index (χ2n) is 3.96. The van der Waals surface area contributed by atoms with Crippen molar-refractivity contribution in [1.29, 1.82) is 0 Å². The van der Waals surface area contributed by atoms with Gasteiger partial charge in [-0.05, 0) is 42.8 Å². The van der Waals surface area contributed by atoms with Gasteiger partial charge in [-0.25, -0.2) is 4.39 Å². The molecule has 0 spiro atoms. The monoisotopic (exact) mass is 264 g/mol. The first-order valence-electron chi connectivity index (χ1n) is 5.71. The third-order valence-electron chi connectivity index (χ3n) is 2.61. The Labute approximate surface area is 111 Å². The van der Waals surface area contributed by atoms with E-state index < -0.39 is 0 Å². The minimum Gasteiger partial charge on any atom is -0.352 e. The molecule has 4 heteroatoms. The van der Waals surface area contributed by atoms with Crippen LogP contribution in [0.1, 0.15) is 5.56 Å². The Balaban J connectivity index is 2.22. The molecule has 0 aliphatic carbocycles. The maximum Gasteiger partial charge on any atom is 0.146 e. The van der Waals surface area contributed by atoms with Crippen LogP contribution in [-0.4, -0.2) is 6.54 Å². The Morgan fingerprint density at radius 1 is 1.11 bits per heavy atom. The Morgan fingerprint density at radius 3 is 2.56 bits per heavy atom. The molecule has 0 fully saturated rings. The summed E-state index contributed by atoms with van der Waals surface area (Å²) in [4.78, 5) is 0. The summed E-state index contributed by atoms with van der Waals surface area (Å²) in [6.45, 7) is 0.511. The van der Waals surface area contributed by atoms with Crippen LogP contribution in [0.2, 0.25) is 5.02 Å². The number of rotatable bonds is 4. The van der Waals surface area contributed by atoms with Crippen molar-refractivity contribution in [2.75, 3.05) is 11.9 Å². The van der Waals surface area contributed by atoms with Crippen molar-refractivity contribution in [3.8, 4) is 0 Å². The summed E-state index contributed by atoms with van der Waals surface area (Å²) in [6.07, 6.45) is 0.670. The third kappa shape index (κ3) is 3.00. The molecule has 0 amide bonds. The first kappa shape index (κ1) is 12.9. The molecule has 2 aromatic carbocycles. The van der Waals surface area contributed by atoms with Gasteiger partial charge in [-0.2, -0.15) is 0 Å². The predicted molar refractivity (Wildman–Crippen MR) is 73.9 cm³/mol. The first-order valence-corrected chi connectivity index (χ1v) is 6.08. The molecule has 0 unspecified atom stereocenters. The molecule has 0 heterocycles. The summed E-state index contributed by atoms with van der Waals surface area (Å²) in [5.74, 6) is -0.305. The topological polar surface area (TPSA) is 38.0 Å². The van der Waals surface area contributed by atoms with Crippen LogP contribution >= 0.6 is 11.6 Å². The van der Waals surface area contributed by atoms with Gasteiger partial charge in [0.15, 0.2) is 0 Å². The summed E-state index contributed by atoms with van der Waals surface area (Å²) in [7, 11) is 0. The molecule has 94 valence electrons. The molecule has 0 aromatic heterocycles. The molecule has 2 rings (SSSR count). The van der Waals surface area contributed by atoms with E-state index in [0.717, 1.165) is 5.56 Å². The fourth-order valence-corrected chi connectivity index (χ4v) is 1.87. The molecule has 0 saturated heterocycles. The van der Waals surface area contributed by atoms with Crippen molar-refractivity contribution in [2.24, 2.45) is 5.73 Å². The van der Waals surface area contributed by atoms with Crippen LogP contribution in [0.25, 0.3) is 0 Å². The van der Waals surface area contributed by atoms with Crippen molar-refractivity contribution in [3.63, 3.8) is 0 Å². The molecule has 0 aliphatic rings. The van der Waals surface area contributed by atoms with Gasteiger partial charge in [0, 0.05) is 0 Å². The molecule has 3 N–H and O–H groups in total. The SMILES string of the molecule is NCCc1ccc(Nc2ccccc2Cl)c(F)c1. The average molecular weight is 265 g/mol. The lowest BCUT2D eigenvalue weighted by atomic mass is 10.1. The normalized spacial score (nSPS) is 10.4. The average Bonchev–Trinajstić information content (AvgIpc) is 2.35. The second-order valence-corrected chi connectivity index (χ2v) is 4.36. The molecule has 0 aliphatic heterocycles. The molecule has 2 aromatic rings. The van der Waals surface area contributed by atoms with E-state index in [1.54, 1.807) is 18.2 Å². The van der Waals surface area contributed by atoms with Gasteiger partial charge in [-0.3, -0.25) is 0 Å². The van der Waals surface area contributed by atoms with E-state index in [1.165, 1.54) is 6.07 Å². The largest absolute Gasteiger partial charge is 0.352 e. The van der Waals surface area contributed by atoms with Gasteiger partial charge < -0.3 is 11.1 Å². The summed E-state index contributed by atoms with van der Waals surface area (Å²) in [6, 6.07) is 12.3. The Morgan fingerprint density at radius 2 is 1.89 bits per heavy atom. The summed E-state index contributed by atoms with van der Waals surface area (Å²) in [5, 5.41) is 3.53. The van der Waals surface area contributed by atoms with E-state index in [0.29, 0.717) is 29.4 Å². The Hall–Kier alpha value is -1.58. The summed E-state index contributed by atoms with van der Waals surface area (Å²) in [5.41, 5.74) is 7.42. The number of nitrogens with one attached hydrogen (secondary N) is 1. The Kier molecular flexibility index (Phi) is 4.18. The highest BCUT2D eigenvalue weighted by Crippen LogP contribution is 2.26. The van der Waals surface area contributed by atoms with Crippen LogP contribution < -0.4 is 11.1 Å². The lowest BCUT2D eigenvalue weighted by molar-refractivity contribution is 0.629. The standard InChI is InChI=1S/C14H14ClFN2/c15-11-3-1-2-4-13(11)18-14-6-5-10(7-8-17)9-12(14)16/h1-6,9,18H,7-8,17H2. The zero-order valence-corrected chi connectivity index (χ0v) is 10.5. The van der Waals surface area contributed by atoms with Crippen molar-refractivity contribution < 1.29 is 4.39 Å². The molecule has 0 saturated carbocycles. The highest BCUT2D eigenvalue weighted by atomic mass is 35.5. The minimum atomic E-state index is -0.305. The van der Waals surface area contributed by atoms with E-state index >= 15 is 0 Å². The number of hydrogen-bond acceptors (Lipinski definition) is 2. The van der Waals surface area contributed by atoms with E-state index in [4.69, 9.17) is 17.3 Å². The van der Waals surface area contributed by atoms with Crippen LogP contribution in [-0.2, 0) is 6.42 Å². The second kappa shape index (κ2) is 5.85. The molecule has 0 bridgehead atoms. The molecule has 18 heavy (non-hydrogen) atoms. The number of hydrogen-bond donors (Lipinski definition) is 2. The van der Waals surface area contributed by atoms with Gasteiger partial charge >= 0.3 is 0 Å².